The SMILES string of the molecule is O=c1oc2c(C[NH+]3CCCCC3)c([O-])ccc2c2ccccc12. The fourth-order valence-corrected chi connectivity index (χ4v) is 3.63. The van der Waals surface area contributed by atoms with Crippen LogP contribution in [-0.2, 0) is 6.54 Å². The van der Waals surface area contributed by atoms with Crippen LogP contribution in [0.4, 0.5) is 0 Å². The largest absolute Gasteiger partial charge is 0.872 e. The molecule has 1 aliphatic heterocycles. The predicted molar refractivity (Wildman–Crippen MR) is 87.7 cm³/mol. The van der Waals surface area contributed by atoms with E-state index in [0.29, 0.717) is 23.1 Å². The Morgan fingerprint density at radius 2 is 1.70 bits per heavy atom. The second kappa shape index (κ2) is 5.70. The van der Waals surface area contributed by atoms with Crippen LogP contribution >= 0.6 is 0 Å². The van der Waals surface area contributed by atoms with E-state index in [4.69, 9.17) is 4.42 Å². The summed E-state index contributed by atoms with van der Waals surface area (Å²) in [4.78, 5) is 13.7. The van der Waals surface area contributed by atoms with Crippen LogP contribution in [0, 0.1) is 0 Å². The van der Waals surface area contributed by atoms with Crippen LogP contribution in [0.2, 0.25) is 0 Å². The van der Waals surface area contributed by atoms with Gasteiger partial charge >= 0.3 is 5.63 Å². The Bertz CT molecular complexity index is 923. The maximum Gasteiger partial charge on any atom is 0.344 e. The normalized spacial score (nSPS) is 16.2. The lowest BCUT2D eigenvalue weighted by Crippen LogP contribution is -3.11. The van der Waals surface area contributed by atoms with Gasteiger partial charge in [-0.2, -0.15) is 0 Å². The van der Waals surface area contributed by atoms with Gasteiger partial charge in [-0.05, 0) is 30.7 Å². The van der Waals surface area contributed by atoms with Crippen LogP contribution in [0.25, 0.3) is 21.7 Å². The van der Waals surface area contributed by atoms with Crippen LogP contribution in [0.15, 0.2) is 45.6 Å². The van der Waals surface area contributed by atoms with Crippen molar-refractivity contribution in [2.45, 2.75) is 25.8 Å². The minimum Gasteiger partial charge on any atom is -0.872 e. The zero-order chi connectivity index (χ0) is 15.8. The molecule has 0 bridgehead atoms. The molecule has 0 unspecified atom stereocenters. The van der Waals surface area contributed by atoms with E-state index in [9.17, 15) is 9.90 Å². The highest BCUT2D eigenvalue weighted by molar-refractivity contribution is 6.05. The lowest BCUT2D eigenvalue weighted by atomic mass is 10.0. The summed E-state index contributed by atoms with van der Waals surface area (Å²) in [6, 6.07) is 10.8. The van der Waals surface area contributed by atoms with E-state index < -0.39 is 0 Å². The third kappa shape index (κ3) is 2.49. The van der Waals surface area contributed by atoms with E-state index in [2.05, 4.69) is 0 Å². The topological polar surface area (TPSA) is 57.7 Å². The van der Waals surface area contributed by atoms with Crippen LogP contribution in [-0.4, -0.2) is 13.1 Å². The molecule has 3 aromatic rings. The van der Waals surface area contributed by atoms with Gasteiger partial charge in [0.05, 0.1) is 18.5 Å². The maximum absolute atomic E-state index is 12.4. The van der Waals surface area contributed by atoms with Gasteiger partial charge in [0.25, 0.3) is 0 Å². The van der Waals surface area contributed by atoms with Gasteiger partial charge in [-0.25, -0.2) is 4.79 Å². The number of rotatable bonds is 2. The van der Waals surface area contributed by atoms with Crippen molar-refractivity contribution in [3.8, 4) is 5.75 Å². The van der Waals surface area contributed by atoms with Crippen molar-refractivity contribution in [1.29, 1.82) is 0 Å². The molecule has 0 amide bonds. The first-order valence-electron chi connectivity index (χ1n) is 8.22. The van der Waals surface area contributed by atoms with Crippen molar-refractivity contribution in [1.82, 2.24) is 0 Å². The van der Waals surface area contributed by atoms with Gasteiger partial charge in [0.2, 0.25) is 0 Å². The van der Waals surface area contributed by atoms with Crippen LogP contribution in [0.3, 0.4) is 0 Å². The number of quaternary nitrogens is 1. The van der Waals surface area contributed by atoms with E-state index in [-0.39, 0.29) is 11.4 Å². The van der Waals surface area contributed by atoms with E-state index in [0.717, 1.165) is 23.9 Å². The molecule has 0 aliphatic carbocycles. The third-order valence-electron chi connectivity index (χ3n) is 4.84. The molecule has 1 saturated heterocycles. The third-order valence-corrected chi connectivity index (χ3v) is 4.84. The van der Waals surface area contributed by atoms with Gasteiger partial charge in [0.15, 0.2) is 0 Å². The molecule has 0 saturated carbocycles. The van der Waals surface area contributed by atoms with E-state index >= 15 is 0 Å². The van der Waals surface area contributed by atoms with Crippen molar-refractivity contribution < 1.29 is 14.4 Å². The molecule has 0 spiro atoms. The molecule has 4 nitrogen and oxygen atoms in total. The molecule has 4 rings (SSSR count). The highest BCUT2D eigenvalue weighted by Crippen LogP contribution is 2.29. The lowest BCUT2D eigenvalue weighted by Gasteiger charge is -2.26. The summed E-state index contributed by atoms with van der Waals surface area (Å²) in [6.07, 6.45) is 3.66. The summed E-state index contributed by atoms with van der Waals surface area (Å²) < 4.78 is 5.56. The number of fused-ring (bicyclic) bond motifs is 3. The van der Waals surface area contributed by atoms with Gasteiger partial charge in [0, 0.05) is 10.9 Å². The van der Waals surface area contributed by atoms with Crippen molar-refractivity contribution in [3.63, 3.8) is 0 Å². The van der Waals surface area contributed by atoms with E-state index in [1.54, 1.807) is 18.2 Å². The predicted octanol–water partition coefficient (Wildman–Crippen LogP) is 1.59. The quantitative estimate of drug-likeness (QED) is 0.578. The fraction of sp³-hybridized carbons (Fsp3) is 0.316. The maximum atomic E-state index is 12.4. The summed E-state index contributed by atoms with van der Waals surface area (Å²) in [7, 11) is 0. The van der Waals surface area contributed by atoms with Crippen molar-refractivity contribution in [3.05, 3.63) is 52.4 Å². The number of nitrogens with one attached hydrogen (secondary N) is 1. The summed E-state index contributed by atoms with van der Waals surface area (Å²) in [5.74, 6) is -0.0333. The Labute approximate surface area is 133 Å². The average Bonchev–Trinajstić information content (AvgIpc) is 2.59. The second-order valence-corrected chi connectivity index (χ2v) is 6.34. The zero-order valence-corrected chi connectivity index (χ0v) is 12.9. The Kier molecular flexibility index (Phi) is 3.54. The summed E-state index contributed by atoms with van der Waals surface area (Å²) in [5, 5.41) is 14.7. The first-order valence-corrected chi connectivity index (χ1v) is 8.22. The molecule has 1 N–H and O–H groups in total. The molecule has 1 aliphatic rings. The van der Waals surface area contributed by atoms with Crippen molar-refractivity contribution in [2.24, 2.45) is 0 Å². The monoisotopic (exact) mass is 309 g/mol. The number of hydrogen-bond donors (Lipinski definition) is 1. The standard InChI is InChI=1S/C19H19NO3/c21-17-9-8-14-13-6-2-3-7-15(13)19(22)23-18(14)16(17)12-20-10-4-1-5-11-20/h2-3,6-9,21H,1,4-5,10-12H2. The fourth-order valence-electron chi connectivity index (χ4n) is 3.63. The number of hydrogen-bond acceptors (Lipinski definition) is 3. The van der Waals surface area contributed by atoms with E-state index in [1.807, 2.05) is 18.2 Å². The molecule has 1 aromatic heterocycles. The zero-order valence-electron chi connectivity index (χ0n) is 12.9. The van der Waals surface area contributed by atoms with Gasteiger partial charge < -0.3 is 14.4 Å². The highest BCUT2D eigenvalue weighted by Gasteiger charge is 2.18. The Morgan fingerprint density at radius 3 is 2.48 bits per heavy atom. The van der Waals surface area contributed by atoms with Gasteiger partial charge in [0.1, 0.15) is 12.1 Å². The molecular formula is C19H19NO3. The Hall–Kier alpha value is -2.33. The highest BCUT2D eigenvalue weighted by atomic mass is 16.4. The van der Waals surface area contributed by atoms with Crippen molar-refractivity contribution >= 4 is 21.7 Å². The minimum atomic E-state index is -0.367. The smallest absolute Gasteiger partial charge is 0.344 e. The molecule has 4 heteroatoms. The molecule has 118 valence electrons. The first-order chi connectivity index (χ1) is 11.2. The van der Waals surface area contributed by atoms with Gasteiger partial charge in [-0.15, -0.1) is 0 Å². The Balaban J connectivity index is 1.92. The summed E-state index contributed by atoms with van der Waals surface area (Å²) >= 11 is 0. The molecule has 2 aromatic carbocycles. The van der Waals surface area contributed by atoms with Crippen molar-refractivity contribution in [2.75, 3.05) is 13.1 Å². The van der Waals surface area contributed by atoms with Gasteiger partial charge in [-0.1, -0.05) is 36.1 Å². The van der Waals surface area contributed by atoms with E-state index in [1.165, 1.54) is 24.2 Å². The van der Waals surface area contributed by atoms with Crippen LogP contribution < -0.4 is 15.6 Å². The second-order valence-electron chi connectivity index (χ2n) is 6.34. The number of benzene rings is 2. The molecule has 1 fully saturated rings. The molecule has 0 atom stereocenters. The van der Waals surface area contributed by atoms with Crippen LogP contribution in [0.1, 0.15) is 24.8 Å². The summed E-state index contributed by atoms with van der Waals surface area (Å²) in [5.41, 5.74) is 0.745. The molecule has 2 heterocycles. The molecule has 23 heavy (non-hydrogen) atoms. The number of likely N-dealkylation sites (tertiary alicyclic amines) is 1. The first kappa shape index (κ1) is 14.3. The molecule has 0 radical (unpaired) electrons. The van der Waals surface area contributed by atoms with Gasteiger partial charge in [-0.3, -0.25) is 0 Å². The average molecular weight is 309 g/mol. The molecular weight excluding hydrogens is 290 g/mol. The number of piperidine rings is 1. The Morgan fingerprint density at radius 1 is 0.957 bits per heavy atom. The lowest BCUT2D eigenvalue weighted by molar-refractivity contribution is -0.918. The van der Waals surface area contributed by atoms with Crippen LogP contribution in [0.5, 0.6) is 5.75 Å². The summed E-state index contributed by atoms with van der Waals surface area (Å²) in [6.45, 7) is 2.79. The minimum absolute atomic E-state index is 0.0333.